The molecule has 0 amide bonds. The van der Waals surface area contributed by atoms with Gasteiger partial charge in [0.25, 0.3) is 0 Å². The number of rotatable bonds is 4. The van der Waals surface area contributed by atoms with E-state index in [-0.39, 0.29) is 4.90 Å². The van der Waals surface area contributed by atoms with Gasteiger partial charge in [-0.1, -0.05) is 12.1 Å². The summed E-state index contributed by atoms with van der Waals surface area (Å²) in [5, 5.41) is 0. The highest BCUT2D eigenvalue weighted by Crippen LogP contribution is 2.17. The van der Waals surface area contributed by atoms with Crippen LogP contribution in [-0.4, -0.2) is 13.4 Å². The first-order chi connectivity index (χ1) is 9.38. The summed E-state index contributed by atoms with van der Waals surface area (Å²) in [6.45, 7) is 1.61. The molecule has 0 unspecified atom stereocenters. The summed E-state index contributed by atoms with van der Waals surface area (Å²) >= 11 is 0. The highest BCUT2D eigenvalue weighted by atomic mass is 32.2. The average molecular weight is 298 g/mol. The molecule has 0 bridgehead atoms. The van der Waals surface area contributed by atoms with Crippen molar-refractivity contribution in [2.45, 2.75) is 17.9 Å². The molecule has 0 saturated heterocycles. The Bertz CT molecular complexity index is 703. The van der Waals surface area contributed by atoms with Crippen molar-refractivity contribution in [3.05, 3.63) is 59.9 Å². The van der Waals surface area contributed by atoms with Crippen LogP contribution in [-0.2, 0) is 10.0 Å². The van der Waals surface area contributed by atoms with Crippen LogP contribution in [0.3, 0.4) is 0 Å². The summed E-state index contributed by atoms with van der Waals surface area (Å²) < 4.78 is 52.3. The van der Waals surface area contributed by atoms with Crippen LogP contribution in [0.15, 0.2) is 47.6 Å². The zero-order valence-electron chi connectivity index (χ0n) is 10.5. The number of pyridine rings is 1. The standard InChI is InChI=1S/C13H12F2N2O2S/c1-9(10-2-4-11(14)5-3-10)17-20(18,19)13-6-12(15)7-16-8-13/h2-9,17H,1H3/t9-/m0/s1. The predicted octanol–water partition coefficient (Wildman–Crippen LogP) is 2.40. The van der Waals surface area contributed by atoms with Gasteiger partial charge in [0.15, 0.2) is 0 Å². The van der Waals surface area contributed by atoms with E-state index in [0.29, 0.717) is 5.56 Å². The lowest BCUT2D eigenvalue weighted by atomic mass is 10.1. The molecule has 1 aromatic heterocycles. The second-order valence-electron chi connectivity index (χ2n) is 4.23. The molecule has 20 heavy (non-hydrogen) atoms. The quantitative estimate of drug-likeness (QED) is 0.943. The van der Waals surface area contributed by atoms with Crippen LogP contribution in [0.4, 0.5) is 8.78 Å². The van der Waals surface area contributed by atoms with Gasteiger partial charge in [0.05, 0.1) is 6.20 Å². The van der Waals surface area contributed by atoms with Crippen molar-refractivity contribution in [2.75, 3.05) is 0 Å². The van der Waals surface area contributed by atoms with Crippen molar-refractivity contribution in [2.24, 2.45) is 0 Å². The Labute approximate surface area is 115 Å². The number of benzene rings is 1. The molecule has 2 aromatic rings. The van der Waals surface area contributed by atoms with Gasteiger partial charge in [-0.05, 0) is 30.7 Å². The fraction of sp³-hybridized carbons (Fsp3) is 0.154. The van der Waals surface area contributed by atoms with Gasteiger partial charge < -0.3 is 0 Å². The van der Waals surface area contributed by atoms with E-state index in [0.717, 1.165) is 18.5 Å². The highest BCUT2D eigenvalue weighted by molar-refractivity contribution is 7.89. The normalized spacial score (nSPS) is 13.2. The van der Waals surface area contributed by atoms with E-state index in [1.54, 1.807) is 6.92 Å². The summed E-state index contributed by atoms with van der Waals surface area (Å²) in [5.41, 5.74) is 0.597. The molecule has 106 valence electrons. The Morgan fingerprint density at radius 1 is 1.10 bits per heavy atom. The number of aromatic nitrogens is 1. The molecule has 7 heteroatoms. The van der Waals surface area contributed by atoms with Gasteiger partial charge in [0.1, 0.15) is 16.5 Å². The van der Waals surface area contributed by atoms with Crippen LogP contribution in [0.2, 0.25) is 0 Å². The Kier molecular flexibility index (Phi) is 4.10. The molecule has 0 aliphatic heterocycles. The molecule has 0 aliphatic rings. The van der Waals surface area contributed by atoms with Crippen molar-refractivity contribution in [1.29, 1.82) is 0 Å². The first-order valence-corrected chi connectivity index (χ1v) is 7.25. The van der Waals surface area contributed by atoms with Crippen LogP contribution in [0.1, 0.15) is 18.5 Å². The number of nitrogens with one attached hydrogen (secondary N) is 1. The van der Waals surface area contributed by atoms with Gasteiger partial charge in [-0.15, -0.1) is 0 Å². The maximum atomic E-state index is 13.0. The maximum absolute atomic E-state index is 13.0. The molecular weight excluding hydrogens is 286 g/mol. The second-order valence-corrected chi connectivity index (χ2v) is 5.95. The molecule has 4 nitrogen and oxygen atoms in total. The second kappa shape index (κ2) is 5.64. The minimum Gasteiger partial charge on any atom is -0.260 e. The van der Waals surface area contributed by atoms with Crippen molar-refractivity contribution in [3.8, 4) is 0 Å². The Morgan fingerprint density at radius 3 is 2.35 bits per heavy atom. The minimum atomic E-state index is -3.89. The monoisotopic (exact) mass is 298 g/mol. The SMILES string of the molecule is C[C@H](NS(=O)(=O)c1cncc(F)c1)c1ccc(F)cc1. The van der Waals surface area contributed by atoms with E-state index in [1.807, 2.05) is 0 Å². The van der Waals surface area contributed by atoms with E-state index >= 15 is 0 Å². The van der Waals surface area contributed by atoms with Crippen molar-refractivity contribution in [1.82, 2.24) is 9.71 Å². The fourth-order valence-corrected chi connectivity index (χ4v) is 2.86. The van der Waals surface area contributed by atoms with E-state index in [1.165, 1.54) is 24.3 Å². The summed E-state index contributed by atoms with van der Waals surface area (Å²) in [7, 11) is -3.89. The molecule has 0 radical (unpaired) electrons. The highest BCUT2D eigenvalue weighted by Gasteiger charge is 2.19. The minimum absolute atomic E-state index is 0.258. The molecule has 0 fully saturated rings. The molecule has 2 rings (SSSR count). The lowest BCUT2D eigenvalue weighted by Gasteiger charge is -2.14. The molecule has 1 aromatic carbocycles. The number of hydrogen-bond acceptors (Lipinski definition) is 3. The van der Waals surface area contributed by atoms with Crippen molar-refractivity contribution >= 4 is 10.0 Å². The number of hydrogen-bond donors (Lipinski definition) is 1. The van der Waals surface area contributed by atoms with Crippen molar-refractivity contribution < 1.29 is 17.2 Å². The molecule has 0 saturated carbocycles. The summed E-state index contributed by atoms with van der Waals surface area (Å²) in [6, 6.07) is 5.74. The van der Waals surface area contributed by atoms with Crippen LogP contribution in [0, 0.1) is 11.6 Å². The molecule has 1 N–H and O–H groups in total. The zero-order valence-corrected chi connectivity index (χ0v) is 11.4. The first-order valence-electron chi connectivity index (χ1n) is 5.77. The number of nitrogens with zero attached hydrogens (tertiary/aromatic N) is 1. The summed E-state index contributed by atoms with van der Waals surface area (Å²) in [5.74, 6) is -1.14. The van der Waals surface area contributed by atoms with Gasteiger partial charge in [-0.3, -0.25) is 4.98 Å². The van der Waals surface area contributed by atoms with Crippen LogP contribution < -0.4 is 4.72 Å². The van der Waals surface area contributed by atoms with Gasteiger partial charge in [-0.2, -0.15) is 0 Å². The van der Waals surface area contributed by atoms with Crippen LogP contribution in [0.5, 0.6) is 0 Å². The molecular formula is C13H12F2N2O2S. The molecule has 0 spiro atoms. The van der Waals surface area contributed by atoms with Crippen LogP contribution in [0.25, 0.3) is 0 Å². The Balaban J connectivity index is 2.22. The van der Waals surface area contributed by atoms with Gasteiger partial charge in [0, 0.05) is 12.2 Å². The first kappa shape index (κ1) is 14.5. The molecule has 1 heterocycles. The van der Waals surface area contributed by atoms with Gasteiger partial charge in [-0.25, -0.2) is 21.9 Å². The Hall–Kier alpha value is -1.86. The third kappa shape index (κ3) is 3.37. The van der Waals surface area contributed by atoms with E-state index in [9.17, 15) is 17.2 Å². The summed E-state index contributed by atoms with van der Waals surface area (Å²) in [6.07, 6.45) is 1.98. The zero-order chi connectivity index (χ0) is 14.8. The third-order valence-electron chi connectivity index (χ3n) is 2.69. The van der Waals surface area contributed by atoms with Gasteiger partial charge >= 0.3 is 0 Å². The lowest BCUT2D eigenvalue weighted by molar-refractivity contribution is 0.562. The largest absolute Gasteiger partial charge is 0.260 e. The third-order valence-corrected chi connectivity index (χ3v) is 4.20. The van der Waals surface area contributed by atoms with Gasteiger partial charge in [0.2, 0.25) is 10.0 Å². The van der Waals surface area contributed by atoms with Crippen molar-refractivity contribution in [3.63, 3.8) is 0 Å². The molecule has 1 atom stereocenters. The topological polar surface area (TPSA) is 59.1 Å². The Morgan fingerprint density at radius 2 is 1.75 bits per heavy atom. The number of halogens is 2. The lowest BCUT2D eigenvalue weighted by Crippen LogP contribution is -2.27. The van der Waals surface area contributed by atoms with E-state index in [4.69, 9.17) is 0 Å². The van der Waals surface area contributed by atoms with E-state index < -0.39 is 27.7 Å². The van der Waals surface area contributed by atoms with Crippen LogP contribution >= 0.6 is 0 Å². The smallest absolute Gasteiger partial charge is 0.242 e. The average Bonchev–Trinajstić information content (AvgIpc) is 2.39. The molecule has 0 aliphatic carbocycles. The maximum Gasteiger partial charge on any atom is 0.242 e. The fourth-order valence-electron chi connectivity index (χ4n) is 1.66. The number of sulfonamides is 1. The predicted molar refractivity (Wildman–Crippen MR) is 69.3 cm³/mol. The summed E-state index contributed by atoms with van der Waals surface area (Å²) in [4.78, 5) is 3.24. The van der Waals surface area contributed by atoms with E-state index in [2.05, 4.69) is 9.71 Å².